The molecule has 1 aromatic carbocycles. The maximum Gasteiger partial charge on any atom is 0.279 e. The lowest BCUT2D eigenvalue weighted by molar-refractivity contribution is 0.0725. The molecule has 0 radical (unpaired) electrons. The van der Waals surface area contributed by atoms with Gasteiger partial charge in [-0.2, -0.15) is 5.10 Å². The molecule has 0 aliphatic carbocycles. The second-order valence-corrected chi connectivity index (χ2v) is 8.77. The zero-order valence-electron chi connectivity index (χ0n) is 17.8. The van der Waals surface area contributed by atoms with Crippen LogP contribution >= 0.6 is 11.3 Å². The number of fused-ring (bicyclic) bond motifs is 1. The van der Waals surface area contributed by atoms with Crippen molar-refractivity contribution in [2.45, 2.75) is 19.9 Å². The summed E-state index contributed by atoms with van der Waals surface area (Å²) in [5.41, 5.74) is 2.83. The number of halogens is 1. The maximum absolute atomic E-state index is 13.2. The van der Waals surface area contributed by atoms with Crippen molar-refractivity contribution in [1.82, 2.24) is 24.8 Å². The van der Waals surface area contributed by atoms with Gasteiger partial charge in [-0.25, -0.2) is 9.37 Å². The smallest absolute Gasteiger partial charge is 0.279 e. The molecule has 0 bridgehead atoms. The summed E-state index contributed by atoms with van der Waals surface area (Å²) in [4.78, 5) is 32.7. The average Bonchev–Trinajstić information content (AvgIpc) is 3.51. The predicted octanol–water partition coefficient (Wildman–Crippen LogP) is 3.43. The van der Waals surface area contributed by atoms with Gasteiger partial charge in [0.05, 0.1) is 17.9 Å². The molecule has 0 saturated carbocycles. The molecule has 3 aromatic heterocycles. The van der Waals surface area contributed by atoms with Crippen molar-refractivity contribution in [2.24, 2.45) is 7.05 Å². The number of benzene rings is 1. The van der Waals surface area contributed by atoms with E-state index in [2.05, 4.69) is 20.6 Å². The van der Waals surface area contributed by atoms with Crippen molar-refractivity contribution in [3.05, 3.63) is 69.9 Å². The normalized spacial score (nSPS) is 13.1. The lowest BCUT2D eigenvalue weighted by atomic mass is 10.1. The van der Waals surface area contributed by atoms with Crippen LogP contribution in [0.4, 0.5) is 9.52 Å². The van der Waals surface area contributed by atoms with Gasteiger partial charge in [0.15, 0.2) is 10.8 Å². The Morgan fingerprint density at radius 2 is 2.00 bits per heavy atom. The summed E-state index contributed by atoms with van der Waals surface area (Å²) in [6.45, 7) is 2.60. The number of thiazole rings is 1. The van der Waals surface area contributed by atoms with Crippen LogP contribution in [0.5, 0.6) is 0 Å². The van der Waals surface area contributed by atoms with Crippen molar-refractivity contribution in [1.29, 1.82) is 0 Å². The number of amides is 2. The fraction of sp³-hybridized carbons (Fsp3) is 0.227. The van der Waals surface area contributed by atoms with Crippen LogP contribution in [0.25, 0.3) is 11.3 Å². The van der Waals surface area contributed by atoms with Crippen LogP contribution < -0.4 is 5.32 Å². The molecule has 9 nitrogen and oxygen atoms in total. The standard InChI is InChI=1S/C22H19FN6O3S/c1-12-9-17(27-32-12)20(30)25-22-24-15-7-8-29(11-19(15)33-22)21(31)18-10-16(26-28(18)2)13-3-5-14(23)6-4-13/h3-6,9-10H,7-8,11H2,1-2H3,(H,24,25,30). The Bertz CT molecular complexity index is 1360. The van der Waals surface area contributed by atoms with Crippen molar-refractivity contribution in [3.8, 4) is 11.3 Å². The van der Waals surface area contributed by atoms with E-state index in [-0.39, 0.29) is 17.4 Å². The number of aryl methyl sites for hydroxylation is 2. The molecule has 0 atom stereocenters. The number of anilines is 1. The van der Waals surface area contributed by atoms with Gasteiger partial charge >= 0.3 is 0 Å². The predicted molar refractivity (Wildman–Crippen MR) is 118 cm³/mol. The van der Waals surface area contributed by atoms with Crippen LogP contribution in [-0.4, -0.2) is 43.2 Å². The Balaban J connectivity index is 1.30. The fourth-order valence-electron chi connectivity index (χ4n) is 3.65. The zero-order chi connectivity index (χ0) is 23.1. The molecule has 11 heteroatoms. The summed E-state index contributed by atoms with van der Waals surface area (Å²) in [6.07, 6.45) is 0.583. The van der Waals surface area contributed by atoms with Crippen LogP contribution in [0.2, 0.25) is 0 Å². The van der Waals surface area contributed by atoms with E-state index in [9.17, 15) is 14.0 Å². The molecule has 5 rings (SSSR count). The van der Waals surface area contributed by atoms with Crippen LogP contribution in [-0.2, 0) is 20.0 Å². The lowest BCUT2D eigenvalue weighted by Gasteiger charge is -2.25. The lowest BCUT2D eigenvalue weighted by Crippen LogP contribution is -2.36. The molecule has 0 unspecified atom stereocenters. The quantitative estimate of drug-likeness (QED) is 0.494. The van der Waals surface area contributed by atoms with Crippen molar-refractivity contribution < 1.29 is 18.5 Å². The minimum atomic E-state index is -0.394. The summed E-state index contributed by atoms with van der Waals surface area (Å²) in [6, 6.07) is 9.25. The summed E-state index contributed by atoms with van der Waals surface area (Å²) >= 11 is 1.34. The Morgan fingerprint density at radius 1 is 1.21 bits per heavy atom. The van der Waals surface area contributed by atoms with Gasteiger partial charge in [0, 0.05) is 36.5 Å². The number of nitrogens with one attached hydrogen (secondary N) is 1. The first-order valence-electron chi connectivity index (χ1n) is 10.2. The first-order valence-corrected chi connectivity index (χ1v) is 11.0. The van der Waals surface area contributed by atoms with Gasteiger partial charge in [0.1, 0.15) is 17.3 Å². The van der Waals surface area contributed by atoms with Gasteiger partial charge in [-0.05, 0) is 37.3 Å². The number of rotatable bonds is 4. The summed E-state index contributed by atoms with van der Waals surface area (Å²) < 4.78 is 19.7. The molecule has 2 amide bonds. The van der Waals surface area contributed by atoms with Crippen LogP contribution in [0.1, 0.15) is 37.3 Å². The Hall–Kier alpha value is -3.86. The number of nitrogens with zero attached hydrogens (tertiary/aromatic N) is 5. The molecule has 1 aliphatic heterocycles. The van der Waals surface area contributed by atoms with Gasteiger partial charge in [-0.3, -0.25) is 19.6 Å². The second kappa shape index (κ2) is 8.24. The molecule has 1 aliphatic rings. The van der Waals surface area contributed by atoms with E-state index in [4.69, 9.17) is 4.52 Å². The van der Waals surface area contributed by atoms with Gasteiger partial charge in [-0.15, -0.1) is 0 Å². The van der Waals surface area contributed by atoms with E-state index >= 15 is 0 Å². The van der Waals surface area contributed by atoms with Gasteiger partial charge in [-0.1, -0.05) is 16.5 Å². The van der Waals surface area contributed by atoms with Crippen molar-refractivity contribution >= 4 is 28.3 Å². The highest BCUT2D eigenvalue weighted by Crippen LogP contribution is 2.30. The largest absolute Gasteiger partial charge is 0.361 e. The molecule has 0 spiro atoms. The number of hydrogen-bond donors (Lipinski definition) is 1. The van der Waals surface area contributed by atoms with Crippen molar-refractivity contribution in [2.75, 3.05) is 11.9 Å². The van der Waals surface area contributed by atoms with E-state index in [1.165, 1.54) is 28.2 Å². The number of carbonyl (C=O) groups is 2. The Kier molecular flexibility index (Phi) is 5.25. The first-order chi connectivity index (χ1) is 15.9. The SMILES string of the molecule is Cc1cc(C(=O)Nc2nc3c(s2)CN(C(=O)c2cc(-c4ccc(F)cc4)nn2C)CC3)no1. The molecule has 4 heterocycles. The third-order valence-corrected chi connectivity index (χ3v) is 6.34. The molecule has 1 N–H and O–H groups in total. The van der Waals surface area contributed by atoms with E-state index < -0.39 is 5.91 Å². The second-order valence-electron chi connectivity index (χ2n) is 7.69. The maximum atomic E-state index is 13.2. The molecule has 168 valence electrons. The third kappa shape index (κ3) is 4.14. The molecular formula is C22H19FN6O3S. The van der Waals surface area contributed by atoms with Crippen molar-refractivity contribution in [3.63, 3.8) is 0 Å². The van der Waals surface area contributed by atoms with E-state index in [1.807, 2.05) is 0 Å². The monoisotopic (exact) mass is 466 g/mol. The van der Waals surface area contributed by atoms with Gasteiger partial charge in [0.25, 0.3) is 11.8 Å². The minimum absolute atomic E-state index is 0.152. The Labute approximate surface area is 191 Å². The molecule has 0 saturated heterocycles. The summed E-state index contributed by atoms with van der Waals surface area (Å²) in [5, 5.41) is 11.3. The highest BCUT2D eigenvalue weighted by molar-refractivity contribution is 7.15. The minimum Gasteiger partial charge on any atom is -0.361 e. The van der Waals surface area contributed by atoms with E-state index in [0.29, 0.717) is 41.8 Å². The van der Waals surface area contributed by atoms with E-state index in [1.54, 1.807) is 43.1 Å². The molecule has 0 fully saturated rings. The van der Waals surface area contributed by atoms with Crippen LogP contribution in [0.3, 0.4) is 0 Å². The highest BCUT2D eigenvalue weighted by Gasteiger charge is 2.27. The molecule has 4 aromatic rings. The zero-order valence-corrected chi connectivity index (χ0v) is 18.6. The highest BCUT2D eigenvalue weighted by atomic mass is 32.1. The average molecular weight is 466 g/mol. The van der Waals surface area contributed by atoms with Crippen LogP contribution in [0.15, 0.2) is 40.9 Å². The van der Waals surface area contributed by atoms with Gasteiger partial charge < -0.3 is 9.42 Å². The van der Waals surface area contributed by atoms with Gasteiger partial charge in [0.2, 0.25) is 0 Å². The number of aromatic nitrogens is 4. The molecular weight excluding hydrogens is 447 g/mol. The topological polar surface area (TPSA) is 106 Å². The summed E-state index contributed by atoms with van der Waals surface area (Å²) in [5.74, 6) is -0.327. The first kappa shape index (κ1) is 21.0. The fourth-order valence-corrected chi connectivity index (χ4v) is 4.67. The summed E-state index contributed by atoms with van der Waals surface area (Å²) in [7, 11) is 1.71. The number of carbonyl (C=O) groups excluding carboxylic acids is 2. The Morgan fingerprint density at radius 3 is 2.73 bits per heavy atom. The number of hydrogen-bond acceptors (Lipinski definition) is 7. The van der Waals surface area contributed by atoms with E-state index in [0.717, 1.165) is 16.1 Å². The molecule has 33 heavy (non-hydrogen) atoms. The third-order valence-electron chi connectivity index (χ3n) is 5.34. The van der Waals surface area contributed by atoms with Crippen LogP contribution in [0, 0.1) is 12.7 Å².